The van der Waals surface area contributed by atoms with Gasteiger partial charge in [0, 0.05) is 44.1 Å². The summed E-state index contributed by atoms with van der Waals surface area (Å²) >= 11 is 0. The van der Waals surface area contributed by atoms with Crippen LogP contribution >= 0.6 is 0 Å². The second-order valence-electron chi connectivity index (χ2n) is 1.90. The van der Waals surface area contributed by atoms with Crippen LogP contribution in [0.15, 0.2) is 0 Å². The van der Waals surface area contributed by atoms with E-state index < -0.39 is 12.0 Å². The fraction of sp³-hybridized carbons (Fsp3) is 0.800. The van der Waals surface area contributed by atoms with Crippen molar-refractivity contribution in [1.29, 1.82) is 0 Å². The molecule has 0 bridgehead atoms. The number of hydrogen-bond donors (Lipinski definition) is 1. The minimum atomic E-state index is -0.775. The Balaban J connectivity index is 0.000000640. The molecule has 0 amide bonds. The summed E-state index contributed by atoms with van der Waals surface area (Å²) in [6, 6.07) is -0.394. The van der Waals surface area contributed by atoms with Crippen molar-refractivity contribution >= 4 is 5.97 Å². The first-order valence-electron chi connectivity index (χ1n) is 2.70. The molecule has 0 aromatic carbocycles. The Morgan fingerprint density at radius 1 is 1.67 bits per heavy atom. The summed E-state index contributed by atoms with van der Waals surface area (Å²) < 4.78 is 0. The van der Waals surface area contributed by atoms with Crippen molar-refractivity contribution in [2.45, 2.75) is 18.9 Å². The van der Waals surface area contributed by atoms with Crippen molar-refractivity contribution in [2.75, 3.05) is 6.54 Å². The molecular formula is C5H8AcNO2-. The number of hydrogen-bond acceptors (Lipinski definition) is 1. The topological polar surface area (TPSA) is 51.4 Å². The van der Waals surface area contributed by atoms with Crippen LogP contribution in [0.4, 0.5) is 0 Å². The van der Waals surface area contributed by atoms with Crippen LogP contribution in [0.2, 0.25) is 0 Å². The SMILES string of the molecule is O=C(O)C1CCC[N-]1.[Ac]. The molecule has 1 saturated heterocycles. The van der Waals surface area contributed by atoms with Gasteiger partial charge in [-0.3, -0.25) is 4.79 Å². The molecule has 0 aliphatic carbocycles. The molecular weight excluding hydrogens is 333 g/mol. The summed E-state index contributed by atoms with van der Waals surface area (Å²) in [4.78, 5) is 10.1. The fourth-order valence-corrected chi connectivity index (χ4v) is 0.825. The summed E-state index contributed by atoms with van der Waals surface area (Å²) in [7, 11) is 0. The second-order valence-corrected chi connectivity index (χ2v) is 1.90. The van der Waals surface area contributed by atoms with Gasteiger partial charge in [0.2, 0.25) is 0 Å². The van der Waals surface area contributed by atoms with Gasteiger partial charge >= 0.3 is 0 Å². The summed E-state index contributed by atoms with van der Waals surface area (Å²) in [5, 5.41) is 12.2. The second kappa shape index (κ2) is 4.65. The standard InChI is InChI=1S/C5H8NO2.Ac/c7-5(8)4-2-1-3-6-4;/h4H,1-3H2,(H,7,8);/q-1;. The first-order valence-corrected chi connectivity index (χ1v) is 2.70. The zero-order valence-electron chi connectivity index (χ0n) is 5.08. The Kier molecular flexibility index (Phi) is 5.10. The smallest absolute Gasteiger partial charge is 0.285 e. The van der Waals surface area contributed by atoms with Gasteiger partial charge in [0.05, 0.1) is 0 Å². The van der Waals surface area contributed by atoms with E-state index >= 15 is 0 Å². The molecule has 1 N–H and O–H groups in total. The maximum absolute atomic E-state index is 10.1. The molecule has 0 spiro atoms. The molecule has 1 fully saturated rings. The Morgan fingerprint density at radius 3 is 2.56 bits per heavy atom. The average Bonchev–Trinajstić information content (AvgIpc) is 2.12. The van der Waals surface area contributed by atoms with Crippen LogP contribution in [-0.4, -0.2) is 23.7 Å². The van der Waals surface area contributed by atoms with Crippen LogP contribution in [0.5, 0.6) is 0 Å². The predicted octanol–water partition coefficient (Wildman–Crippen LogP) is 0.607. The molecule has 1 aliphatic heterocycles. The van der Waals surface area contributed by atoms with E-state index in [0.29, 0.717) is 0 Å². The molecule has 9 heavy (non-hydrogen) atoms. The molecule has 49 valence electrons. The largest absolute Gasteiger partial charge is 0.650 e. The molecule has 1 rings (SSSR count). The summed E-state index contributed by atoms with van der Waals surface area (Å²) in [5.74, 6) is -0.775. The molecule has 1 unspecified atom stereocenters. The van der Waals surface area contributed by atoms with Gasteiger partial charge in [0.25, 0.3) is 5.97 Å². The summed E-state index contributed by atoms with van der Waals surface area (Å²) in [6.45, 7) is 0.733. The van der Waals surface area contributed by atoms with Gasteiger partial charge in [-0.2, -0.15) is 0 Å². The zero-order valence-corrected chi connectivity index (χ0v) is 9.82. The van der Waals surface area contributed by atoms with Gasteiger partial charge in [-0.05, 0) is 6.04 Å². The molecule has 1 radical (unpaired) electrons. The van der Waals surface area contributed by atoms with Gasteiger partial charge in [0.15, 0.2) is 0 Å². The third-order valence-corrected chi connectivity index (χ3v) is 1.27. The monoisotopic (exact) mass is 341 g/mol. The van der Waals surface area contributed by atoms with Gasteiger partial charge in [-0.25, -0.2) is 0 Å². The van der Waals surface area contributed by atoms with Crippen LogP contribution in [0.3, 0.4) is 0 Å². The quantitative estimate of drug-likeness (QED) is 0.760. The van der Waals surface area contributed by atoms with Crippen molar-refractivity contribution in [2.24, 2.45) is 0 Å². The van der Waals surface area contributed by atoms with E-state index in [1.807, 2.05) is 0 Å². The van der Waals surface area contributed by atoms with Crippen LogP contribution in [0.25, 0.3) is 5.32 Å². The molecule has 1 aliphatic rings. The molecule has 0 aromatic heterocycles. The predicted molar refractivity (Wildman–Crippen MR) is 28.9 cm³/mol. The Bertz CT molecular complexity index is 101. The summed E-state index contributed by atoms with van der Waals surface area (Å²) in [6.07, 6.45) is 1.67. The van der Waals surface area contributed by atoms with Crippen molar-refractivity contribution in [3.8, 4) is 0 Å². The maximum Gasteiger partial charge on any atom is 0.285 e. The van der Waals surface area contributed by atoms with Crippen molar-refractivity contribution in [1.82, 2.24) is 0 Å². The van der Waals surface area contributed by atoms with E-state index in [2.05, 4.69) is 5.32 Å². The molecule has 0 aromatic rings. The van der Waals surface area contributed by atoms with E-state index in [4.69, 9.17) is 5.11 Å². The van der Waals surface area contributed by atoms with Crippen LogP contribution < -0.4 is 0 Å². The number of carboxylic acids is 1. The molecule has 0 saturated carbocycles. The maximum atomic E-state index is 10.1. The van der Waals surface area contributed by atoms with E-state index in [0.717, 1.165) is 19.4 Å². The molecule has 4 heteroatoms. The first kappa shape index (κ1) is 9.87. The Hall–Kier alpha value is 0.872. The Labute approximate surface area is 89.8 Å². The van der Waals surface area contributed by atoms with Crippen molar-refractivity contribution in [3.63, 3.8) is 0 Å². The minimum Gasteiger partial charge on any atom is -0.650 e. The van der Waals surface area contributed by atoms with Gasteiger partial charge in [-0.1, -0.05) is 12.8 Å². The molecule has 1 heterocycles. The van der Waals surface area contributed by atoms with Crippen LogP contribution in [0, 0.1) is 44.1 Å². The number of rotatable bonds is 1. The average molecular weight is 341 g/mol. The third-order valence-electron chi connectivity index (χ3n) is 1.27. The molecule has 1 atom stereocenters. The van der Waals surface area contributed by atoms with Crippen molar-refractivity contribution in [3.05, 3.63) is 5.32 Å². The van der Waals surface area contributed by atoms with E-state index in [1.54, 1.807) is 0 Å². The van der Waals surface area contributed by atoms with E-state index in [-0.39, 0.29) is 44.1 Å². The van der Waals surface area contributed by atoms with Gasteiger partial charge in [-0.15, -0.1) is 6.54 Å². The first-order chi connectivity index (χ1) is 3.80. The molecule has 3 nitrogen and oxygen atoms in total. The zero-order chi connectivity index (χ0) is 5.98. The van der Waals surface area contributed by atoms with Gasteiger partial charge < -0.3 is 10.4 Å². The number of aliphatic carboxylic acids is 1. The Morgan fingerprint density at radius 2 is 2.33 bits per heavy atom. The normalized spacial score (nSPS) is 25.1. The fourth-order valence-electron chi connectivity index (χ4n) is 0.825. The van der Waals surface area contributed by atoms with E-state index in [9.17, 15) is 4.79 Å². The summed E-state index contributed by atoms with van der Waals surface area (Å²) in [5.41, 5.74) is 0. The van der Waals surface area contributed by atoms with E-state index in [1.165, 1.54) is 0 Å². The number of nitrogens with zero attached hydrogens (tertiary/aromatic N) is 1. The number of carbonyl (C=O) groups is 1. The number of carboxylic acid groups (broad SMARTS) is 1. The third kappa shape index (κ3) is 2.97. The van der Waals surface area contributed by atoms with Gasteiger partial charge in [0.1, 0.15) is 0 Å². The minimum absolute atomic E-state index is 0. The van der Waals surface area contributed by atoms with Crippen LogP contribution in [-0.2, 0) is 4.79 Å². The van der Waals surface area contributed by atoms with Crippen LogP contribution in [0.1, 0.15) is 12.8 Å². The van der Waals surface area contributed by atoms with Crippen molar-refractivity contribution < 1.29 is 54.0 Å².